The van der Waals surface area contributed by atoms with Gasteiger partial charge in [-0.15, -0.1) is 11.3 Å². The smallest absolute Gasteiger partial charge is 0.283 e. The fourth-order valence-corrected chi connectivity index (χ4v) is 3.41. The lowest BCUT2D eigenvalue weighted by Gasteiger charge is -2.32. The van der Waals surface area contributed by atoms with E-state index in [1.165, 1.54) is 17.8 Å². The molecule has 0 N–H and O–H groups in total. The van der Waals surface area contributed by atoms with Crippen molar-refractivity contribution in [3.63, 3.8) is 0 Å². The van der Waals surface area contributed by atoms with Crippen LogP contribution in [0.15, 0.2) is 24.3 Å². The highest BCUT2D eigenvalue weighted by atomic mass is 32.1. The van der Waals surface area contributed by atoms with Crippen LogP contribution in [0, 0.1) is 0 Å². The Morgan fingerprint density at radius 1 is 1.39 bits per heavy atom. The van der Waals surface area contributed by atoms with Crippen LogP contribution in [0.1, 0.15) is 36.0 Å². The van der Waals surface area contributed by atoms with Crippen molar-refractivity contribution in [2.75, 3.05) is 6.54 Å². The maximum Gasteiger partial charge on any atom is 0.283 e. The summed E-state index contributed by atoms with van der Waals surface area (Å²) in [6, 6.07) is 8.27. The number of thiazole rings is 1. The van der Waals surface area contributed by atoms with E-state index in [1.807, 2.05) is 29.2 Å². The molecule has 1 aliphatic rings. The zero-order valence-corrected chi connectivity index (χ0v) is 11.2. The summed E-state index contributed by atoms with van der Waals surface area (Å²) in [4.78, 5) is 18.9. The van der Waals surface area contributed by atoms with E-state index in [1.54, 1.807) is 0 Å². The molecule has 1 fully saturated rings. The minimum atomic E-state index is 0.100. The van der Waals surface area contributed by atoms with Gasteiger partial charge in [0.1, 0.15) is 0 Å². The van der Waals surface area contributed by atoms with Crippen molar-refractivity contribution in [2.45, 2.75) is 32.2 Å². The van der Waals surface area contributed by atoms with Gasteiger partial charge in [0.2, 0.25) is 0 Å². The number of nitrogens with zero attached hydrogens (tertiary/aromatic N) is 2. The molecule has 1 aromatic carbocycles. The molecule has 2 aromatic rings. The highest BCUT2D eigenvalue weighted by molar-refractivity contribution is 7.20. The van der Waals surface area contributed by atoms with Crippen LogP contribution in [0.3, 0.4) is 0 Å². The van der Waals surface area contributed by atoms with Crippen LogP contribution >= 0.6 is 11.3 Å². The molecule has 3 nitrogen and oxygen atoms in total. The van der Waals surface area contributed by atoms with Gasteiger partial charge in [0.05, 0.1) is 10.2 Å². The monoisotopic (exact) mass is 260 g/mol. The molecular formula is C14H16N2OS. The van der Waals surface area contributed by atoms with Crippen molar-refractivity contribution in [2.24, 2.45) is 0 Å². The van der Waals surface area contributed by atoms with Gasteiger partial charge >= 0.3 is 0 Å². The number of carbonyl (C=O) groups is 1. The maximum atomic E-state index is 12.5. The topological polar surface area (TPSA) is 33.2 Å². The Morgan fingerprint density at radius 2 is 2.22 bits per heavy atom. The number of hydrogen-bond acceptors (Lipinski definition) is 3. The molecule has 1 saturated heterocycles. The van der Waals surface area contributed by atoms with Crippen molar-refractivity contribution in [1.82, 2.24) is 9.88 Å². The normalized spacial score (nSPS) is 20.3. The van der Waals surface area contributed by atoms with Crippen molar-refractivity contribution in [3.8, 4) is 0 Å². The van der Waals surface area contributed by atoms with Crippen LogP contribution in [0.5, 0.6) is 0 Å². The molecule has 1 aliphatic heterocycles. The van der Waals surface area contributed by atoms with Gasteiger partial charge < -0.3 is 4.90 Å². The van der Waals surface area contributed by atoms with Crippen molar-refractivity contribution < 1.29 is 4.79 Å². The largest absolute Gasteiger partial charge is 0.334 e. The minimum Gasteiger partial charge on any atom is -0.334 e. The van der Waals surface area contributed by atoms with Crippen LogP contribution in [0.2, 0.25) is 0 Å². The van der Waals surface area contributed by atoms with E-state index in [0.29, 0.717) is 11.0 Å². The van der Waals surface area contributed by atoms with Gasteiger partial charge in [-0.2, -0.15) is 0 Å². The number of aromatic nitrogens is 1. The number of carbonyl (C=O) groups excluding carboxylic acids is 1. The summed E-state index contributed by atoms with van der Waals surface area (Å²) in [5, 5.41) is 0.630. The third-order valence-electron chi connectivity index (χ3n) is 3.54. The molecule has 3 rings (SSSR count). The van der Waals surface area contributed by atoms with Gasteiger partial charge in [-0.1, -0.05) is 12.1 Å². The van der Waals surface area contributed by atoms with Crippen molar-refractivity contribution >= 4 is 27.5 Å². The Labute approximate surface area is 110 Å². The molecule has 0 aliphatic carbocycles. The third-order valence-corrected chi connectivity index (χ3v) is 4.57. The molecular weight excluding hydrogens is 244 g/mol. The molecule has 94 valence electrons. The number of benzene rings is 1. The predicted molar refractivity (Wildman–Crippen MR) is 74.0 cm³/mol. The summed E-state index contributed by atoms with van der Waals surface area (Å²) in [5.74, 6) is 0.100. The van der Waals surface area contributed by atoms with Crippen LogP contribution < -0.4 is 0 Å². The number of fused-ring (bicyclic) bond motifs is 1. The van der Waals surface area contributed by atoms with E-state index >= 15 is 0 Å². The molecule has 0 saturated carbocycles. The van der Waals surface area contributed by atoms with Gasteiger partial charge in [-0.25, -0.2) is 4.98 Å². The van der Waals surface area contributed by atoms with E-state index in [2.05, 4.69) is 11.9 Å². The summed E-state index contributed by atoms with van der Waals surface area (Å²) in [6.07, 6.45) is 3.45. The van der Waals surface area contributed by atoms with Gasteiger partial charge in [0.15, 0.2) is 5.01 Å². The Bertz CT molecular complexity index is 545. The first kappa shape index (κ1) is 11.7. The van der Waals surface area contributed by atoms with E-state index < -0.39 is 0 Å². The van der Waals surface area contributed by atoms with E-state index in [9.17, 15) is 4.79 Å². The summed E-state index contributed by atoms with van der Waals surface area (Å²) in [7, 11) is 0. The molecule has 4 heteroatoms. The Morgan fingerprint density at radius 3 is 3.00 bits per heavy atom. The number of amides is 1. The van der Waals surface area contributed by atoms with Crippen molar-refractivity contribution in [3.05, 3.63) is 29.3 Å². The zero-order valence-electron chi connectivity index (χ0n) is 10.4. The highest BCUT2D eigenvalue weighted by Gasteiger charge is 2.26. The van der Waals surface area contributed by atoms with Crippen molar-refractivity contribution in [1.29, 1.82) is 0 Å². The first-order valence-corrected chi connectivity index (χ1v) is 7.24. The molecule has 0 radical (unpaired) electrons. The molecule has 0 spiro atoms. The van der Waals surface area contributed by atoms with Crippen LogP contribution in [-0.2, 0) is 0 Å². The third kappa shape index (κ3) is 2.01. The van der Waals surface area contributed by atoms with Gasteiger partial charge in [-0.3, -0.25) is 4.79 Å². The van der Waals surface area contributed by atoms with Gasteiger partial charge in [-0.05, 0) is 38.3 Å². The van der Waals surface area contributed by atoms with E-state index in [-0.39, 0.29) is 5.91 Å². The van der Waals surface area contributed by atoms with Crippen LogP contribution in [0.25, 0.3) is 10.2 Å². The molecule has 1 aromatic heterocycles. The fraction of sp³-hybridized carbons (Fsp3) is 0.429. The Hall–Kier alpha value is -1.42. The number of hydrogen-bond donors (Lipinski definition) is 0. The van der Waals surface area contributed by atoms with Crippen LogP contribution in [0.4, 0.5) is 0 Å². The number of rotatable bonds is 1. The minimum absolute atomic E-state index is 0.100. The first-order chi connectivity index (χ1) is 8.75. The lowest BCUT2D eigenvalue weighted by molar-refractivity contribution is 0.0635. The standard InChI is InChI=1S/C14H16N2OS/c1-10-6-4-5-9-16(10)14(17)13-15-11-7-2-3-8-12(11)18-13/h2-3,7-8,10H,4-6,9H2,1H3. The number of likely N-dealkylation sites (tertiary alicyclic amines) is 1. The number of para-hydroxylation sites is 1. The highest BCUT2D eigenvalue weighted by Crippen LogP contribution is 2.25. The molecule has 18 heavy (non-hydrogen) atoms. The predicted octanol–water partition coefficient (Wildman–Crippen LogP) is 3.31. The SMILES string of the molecule is CC1CCCCN1C(=O)c1nc2ccccc2s1. The van der Waals surface area contributed by atoms with Gasteiger partial charge in [0.25, 0.3) is 5.91 Å². The summed E-state index contributed by atoms with van der Waals surface area (Å²) in [5.41, 5.74) is 0.926. The molecule has 1 unspecified atom stereocenters. The maximum absolute atomic E-state index is 12.5. The second-order valence-electron chi connectivity index (χ2n) is 4.83. The number of piperidine rings is 1. The second-order valence-corrected chi connectivity index (χ2v) is 5.86. The fourth-order valence-electron chi connectivity index (χ4n) is 2.49. The molecule has 2 heterocycles. The molecule has 1 atom stereocenters. The Balaban J connectivity index is 1.91. The molecule has 0 bridgehead atoms. The molecule has 1 amide bonds. The van der Waals surface area contributed by atoms with Crippen LogP contribution in [-0.4, -0.2) is 28.4 Å². The lowest BCUT2D eigenvalue weighted by Crippen LogP contribution is -2.41. The quantitative estimate of drug-likeness (QED) is 0.788. The van der Waals surface area contributed by atoms with Gasteiger partial charge in [0, 0.05) is 12.6 Å². The summed E-state index contributed by atoms with van der Waals surface area (Å²) < 4.78 is 1.09. The summed E-state index contributed by atoms with van der Waals surface area (Å²) in [6.45, 7) is 3.00. The average Bonchev–Trinajstić information content (AvgIpc) is 2.82. The first-order valence-electron chi connectivity index (χ1n) is 6.42. The van der Waals surface area contributed by atoms with E-state index in [0.717, 1.165) is 29.6 Å². The summed E-state index contributed by atoms with van der Waals surface area (Å²) >= 11 is 1.50. The Kier molecular flexibility index (Phi) is 3.04. The lowest BCUT2D eigenvalue weighted by atomic mass is 10.0. The zero-order chi connectivity index (χ0) is 12.5. The average molecular weight is 260 g/mol. The second kappa shape index (κ2) is 4.69. The van der Waals surface area contributed by atoms with E-state index in [4.69, 9.17) is 0 Å².